The second-order valence-electron chi connectivity index (χ2n) is 15.6. The summed E-state index contributed by atoms with van der Waals surface area (Å²) in [5.74, 6) is 1.81. The van der Waals surface area contributed by atoms with Gasteiger partial charge in [0, 0.05) is 41.5 Å². The van der Waals surface area contributed by atoms with Crippen LogP contribution in [0.2, 0.25) is 0 Å². The van der Waals surface area contributed by atoms with Crippen LogP contribution in [0.3, 0.4) is 0 Å². The van der Waals surface area contributed by atoms with Crippen LogP contribution in [0.4, 0.5) is 0 Å². The molecule has 5 heteroatoms. The van der Waals surface area contributed by atoms with E-state index in [0.717, 1.165) is 38.9 Å². The molecule has 0 fully saturated rings. The van der Waals surface area contributed by atoms with Crippen LogP contribution in [-0.2, 0) is 5.41 Å². The Morgan fingerprint density at radius 3 is 1.07 bits per heavy atom. The molecule has 0 saturated heterocycles. The van der Waals surface area contributed by atoms with Gasteiger partial charge in [0.25, 0.3) is 0 Å². The van der Waals surface area contributed by atoms with Crippen LogP contribution in [0, 0.1) is 0 Å². The zero-order valence-corrected chi connectivity index (χ0v) is 32.9. The lowest BCUT2D eigenvalue weighted by atomic mass is 9.65. The summed E-state index contributed by atoms with van der Waals surface area (Å²) in [5.41, 5.74) is 18.7. The van der Waals surface area contributed by atoms with E-state index in [-0.39, 0.29) is 0 Å². The zero-order valence-electron chi connectivity index (χ0n) is 32.9. The third-order valence-electron chi connectivity index (χ3n) is 12.4. The van der Waals surface area contributed by atoms with Crippen molar-refractivity contribution in [2.45, 2.75) is 5.41 Å². The second-order valence-corrected chi connectivity index (χ2v) is 15.6. The van der Waals surface area contributed by atoms with Gasteiger partial charge in [0.2, 0.25) is 0 Å². The van der Waals surface area contributed by atoms with E-state index >= 15 is 0 Å². The lowest BCUT2D eigenvalue weighted by Crippen LogP contribution is -2.29. The molecule has 7 aromatic carbocycles. The Morgan fingerprint density at radius 2 is 0.623 bits per heavy atom. The Labute approximate surface area is 353 Å². The fraction of sp³-hybridized carbons (Fsp3) is 0.0179. The van der Waals surface area contributed by atoms with Crippen LogP contribution in [0.25, 0.3) is 89.8 Å². The van der Waals surface area contributed by atoms with Gasteiger partial charge in [-0.2, -0.15) is 0 Å². The number of pyridine rings is 2. The Morgan fingerprint density at radius 1 is 0.262 bits per heavy atom. The standard InChI is InChI=1S/C56H35N5/c1-2-14-44-43(13-1)45-15-3-6-18-49(45)56(50-19-7-4-16-46(50)47-17-5-8-20-51(47)56)52-33-40(29-30-48(44)52)55-60-53(38-25-21-36(22-26-38)41-11-9-31-57-34-41)59-54(61-55)39-27-23-37(24-28-39)42-12-10-32-58-35-42/h1-35H. The molecule has 2 aliphatic carbocycles. The van der Waals surface area contributed by atoms with E-state index < -0.39 is 5.41 Å². The first-order valence-corrected chi connectivity index (χ1v) is 20.6. The number of hydrogen-bond donors (Lipinski definition) is 0. The van der Waals surface area contributed by atoms with Gasteiger partial charge in [0.1, 0.15) is 0 Å². The van der Waals surface area contributed by atoms with E-state index in [2.05, 4.69) is 186 Å². The van der Waals surface area contributed by atoms with Gasteiger partial charge < -0.3 is 0 Å². The van der Waals surface area contributed by atoms with Crippen molar-refractivity contribution in [1.82, 2.24) is 24.9 Å². The summed E-state index contributed by atoms with van der Waals surface area (Å²) >= 11 is 0. The zero-order chi connectivity index (χ0) is 40.3. The molecule has 3 aromatic heterocycles. The number of hydrogen-bond acceptors (Lipinski definition) is 5. The molecule has 12 rings (SSSR count). The van der Waals surface area contributed by atoms with E-state index in [1.54, 1.807) is 12.4 Å². The molecule has 10 aromatic rings. The average molecular weight is 778 g/mol. The van der Waals surface area contributed by atoms with Crippen molar-refractivity contribution in [2.24, 2.45) is 0 Å². The summed E-state index contributed by atoms with van der Waals surface area (Å²) in [7, 11) is 0. The molecule has 1 spiro atoms. The van der Waals surface area contributed by atoms with Gasteiger partial charge in [-0.15, -0.1) is 0 Å². The largest absolute Gasteiger partial charge is 0.264 e. The average Bonchev–Trinajstić information content (AvgIpc) is 3.59. The first kappa shape index (κ1) is 34.9. The van der Waals surface area contributed by atoms with E-state index in [1.165, 1.54) is 55.6 Å². The van der Waals surface area contributed by atoms with Crippen molar-refractivity contribution >= 4 is 0 Å². The van der Waals surface area contributed by atoms with Crippen molar-refractivity contribution in [3.63, 3.8) is 0 Å². The van der Waals surface area contributed by atoms with Crippen LogP contribution in [0.15, 0.2) is 213 Å². The Balaban J connectivity index is 1.10. The fourth-order valence-electron chi connectivity index (χ4n) is 9.64. The third-order valence-corrected chi connectivity index (χ3v) is 12.4. The minimum Gasteiger partial charge on any atom is -0.264 e. The maximum atomic E-state index is 5.29. The molecule has 0 radical (unpaired) electrons. The summed E-state index contributed by atoms with van der Waals surface area (Å²) in [6.07, 6.45) is 7.35. The van der Waals surface area contributed by atoms with Gasteiger partial charge in [-0.3, -0.25) is 9.97 Å². The van der Waals surface area contributed by atoms with Gasteiger partial charge in [-0.05, 0) is 96.1 Å². The predicted octanol–water partition coefficient (Wildman–Crippen LogP) is 13.0. The van der Waals surface area contributed by atoms with Crippen LogP contribution >= 0.6 is 0 Å². The smallest absolute Gasteiger partial charge is 0.164 e. The van der Waals surface area contributed by atoms with Gasteiger partial charge >= 0.3 is 0 Å². The maximum absolute atomic E-state index is 5.29. The van der Waals surface area contributed by atoms with E-state index in [1.807, 2.05) is 24.5 Å². The van der Waals surface area contributed by atoms with Gasteiger partial charge in [-0.1, -0.05) is 170 Å². The molecule has 3 heterocycles. The van der Waals surface area contributed by atoms with Crippen molar-refractivity contribution in [3.8, 4) is 89.8 Å². The minimum atomic E-state index is -0.614. The number of fused-ring (bicyclic) bond motifs is 12. The summed E-state index contributed by atoms with van der Waals surface area (Å²) in [6, 6.07) is 67.3. The number of aromatic nitrogens is 5. The van der Waals surface area contributed by atoms with E-state index in [0.29, 0.717) is 17.5 Å². The second kappa shape index (κ2) is 14.0. The van der Waals surface area contributed by atoms with Gasteiger partial charge in [0.05, 0.1) is 5.41 Å². The Kier molecular flexibility index (Phi) is 8.00. The van der Waals surface area contributed by atoms with Gasteiger partial charge in [-0.25, -0.2) is 15.0 Å². The Bertz CT molecular complexity index is 3140. The summed E-state index contributed by atoms with van der Waals surface area (Å²) < 4.78 is 0. The highest BCUT2D eigenvalue weighted by molar-refractivity contribution is 5.97. The van der Waals surface area contributed by atoms with Crippen molar-refractivity contribution in [3.05, 3.63) is 235 Å². The molecule has 5 nitrogen and oxygen atoms in total. The normalized spacial score (nSPS) is 12.7. The van der Waals surface area contributed by atoms with Crippen molar-refractivity contribution < 1.29 is 0 Å². The highest BCUT2D eigenvalue weighted by atomic mass is 15.0. The van der Waals surface area contributed by atoms with E-state index in [9.17, 15) is 0 Å². The topological polar surface area (TPSA) is 64.5 Å². The van der Waals surface area contributed by atoms with Crippen molar-refractivity contribution in [2.75, 3.05) is 0 Å². The van der Waals surface area contributed by atoms with Crippen LogP contribution in [-0.4, -0.2) is 24.9 Å². The molecule has 0 amide bonds. The summed E-state index contributed by atoms with van der Waals surface area (Å²) in [5, 5.41) is 0. The lowest BCUT2D eigenvalue weighted by Gasteiger charge is -2.35. The van der Waals surface area contributed by atoms with E-state index in [4.69, 9.17) is 15.0 Å². The minimum absolute atomic E-state index is 0.603. The van der Waals surface area contributed by atoms with Crippen LogP contribution < -0.4 is 0 Å². The summed E-state index contributed by atoms with van der Waals surface area (Å²) in [6.45, 7) is 0. The molecule has 0 unspecified atom stereocenters. The van der Waals surface area contributed by atoms with Crippen molar-refractivity contribution in [1.29, 1.82) is 0 Å². The molecule has 0 N–H and O–H groups in total. The molecule has 61 heavy (non-hydrogen) atoms. The summed E-state index contributed by atoms with van der Waals surface area (Å²) in [4.78, 5) is 24.4. The maximum Gasteiger partial charge on any atom is 0.164 e. The quantitative estimate of drug-likeness (QED) is 0.174. The Hall–Kier alpha value is -8.15. The highest BCUT2D eigenvalue weighted by Gasteiger charge is 2.49. The predicted molar refractivity (Wildman–Crippen MR) is 244 cm³/mol. The lowest BCUT2D eigenvalue weighted by molar-refractivity contribution is 0.775. The van der Waals surface area contributed by atoms with Crippen LogP contribution in [0.1, 0.15) is 22.3 Å². The molecular formula is C56H35N5. The fourth-order valence-corrected chi connectivity index (χ4v) is 9.64. The third kappa shape index (κ3) is 5.52. The molecule has 2 aliphatic rings. The molecule has 284 valence electrons. The van der Waals surface area contributed by atoms with Crippen LogP contribution in [0.5, 0.6) is 0 Å². The number of nitrogens with zero attached hydrogens (tertiary/aromatic N) is 5. The number of benzene rings is 7. The first-order valence-electron chi connectivity index (χ1n) is 20.6. The molecule has 0 saturated carbocycles. The monoisotopic (exact) mass is 777 g/mol. The molecule has 0 bridgehead atoms. The number of rotatable bonds is 5. The molecular weight excluding hydrogens is 743 g/mol. The first-order chi connectivity index (χ1) is 30.2. The highest BCUT2D eigenvalue weighted by Crippen LogP contribution is 2.61. The molecule has 0 atom stereocenters. The van der Waals surface area contributed by atoms with Gasteiger partial charge in [0.15, 0.2) is 17.5 Å². The molecule has 0 aliphatic heterocycles. The SMILES string of the molecule is c1cncc(-c2ccc(-c3nc(-c4ccc(-c5cccnc5)cc4)nc(-c4ccc5c(c4)C4(c6ccccc6-c6ccccc6-5)c5ccccc5-c5ccccc54)n3)cc2)c1.